The molecule has 0 fully saturated rings. The Kier molecular flexibility index (Phi) is 5.68. The molecule has 2 heterocycles. The van der Waals surface area contributed by atoms with Crippen molar-refractivity contribution in [3.63, 3.8) is 0 Å². The van der Waals surface area contributed by atoms with Crippen LogP contribution < -0.4 is 10.6 Å². The SMILES string of the molecule is COC(=O)c1ccc(Nc2ccc(C(=O)NCc3cccnc3)nn2)cc1. The number of hydrogen-bond acceptors (Lipinski definition) is 7. The summed E-state index contributed by atoms with van der Waals surface area (Å²) < 4.78 is 4.66. The number of hydrogen-bond donors (Lipinski definition) is 2. The third kappa shape index (κ3) is 4.85. The first-order valence-corrected chi connectivity index (χ1v) is 8.12. The van der Waals surface area contributed by atoms with Gasteiger partial charge in [0.1, 0.15) is 0 Å². The quantitative estimate of drug-likeness (QED) is 0.647. The number of rotatable bonds is 6. The largest absolute Gasteiger partial charge is 0.465 e. The van der Waals surface area contributed by atoms with Gasteiger partial charge >= 0.3 is 5.97 Å². The molecular weight excluding hydrogens is 346 g/mol. The maximum atomic E-state index is 12.1. The third-order valence-electron chi connectivity index (χ3n) is 3.65. The van der Waals surface area contributed by atoms with Crippen LogP contribution in [0.25, 0.3) is 0 Å². The summed E-state index contributed by atoms with van der Waals surface area (Å²) >= 11 is 0. The molecule has 0 radical (unpaired) electrons. The van der Waals surface area contributed by atoms with Crippen LogP contribution in [0, 0.1) is 0 Å². The fourth-order valence-corrected chi connectivity index (χ4v) is 2.25. The van der Waals surface area contributed by atoms with Crippen molar-refractivity contribution < 1.29 is 14.3 Å². The summed E-state index contributed by atoms with van der Waals surface area (Å²) in [6.45, 7) is 0.362. The van der Waals surface area contributed by atoms with Crippen molar-refractivity contribution in [1.29, 1.82) is 0 Å². The highest BCUT2D eigenvalue weighted by molar-refractivity contribution is 5.92. The molecule has 3 aromatic rings. The van der Waals surface area contributed by atoms with Crippen molar-refractivity contribution in [2.24, 2.45) is 0 Å². The van der Waals surface area contributed by atoms with Gasteiger partial charge in [-0.05, 0) is 48.0 Å². The van der Waals surface area contributed by atoms with Gasteiger partial charge < -0.3 is 15.4 Å². The Hall–Kier alpha value is -3.81. The molecule has 136 valence electrons. The van der Waals surface area contributed by atoms with E-state index in [-0.39, 0.29) is 11.6 Å². The maximum Gasteiger partial charge on any atom is 0.337 e. The number of carbonyl (C=O) groups is 2. The molecular formula is C19H17N5O3. The van der Waals surface area contributed by atoms with Crippen LogP contribution in [0.15, 0.2) is 60.9 Å². The van der Waals surface area contributed by atoms with Gasteiger partial charge in [0.2, 0.25) is 0 Å². The Labute approximate surface area is 155 Å². The minimum atomic E-state index is -0.400. The molecule has 8 nitrogen and oxygen atoms in total. The average molecular weight is 363 g/mol. The Morgan fingerprint density at radius 3 is 2.48 bits per heavy atom. The van der Waals surface area contributed by atoms with Crippen LogP contribution in [0.4, 0.5) is 11.5 Å². The number of aromatic nitrogens is 3. The number of nitrogens with zero attached hydrogens (tertiary/aromatic N) is 3. The smallest absolute Gasteiger partial charge is 0.337 e. The van der Waals surface area contributed by atoms with E-state index in [1.54, 1.807) is 54.9 Å². The average Bonchev–Trinajstić information content (AvgIpc) is 2.73. The molecule has 0 aliphatic rings. The van der Waals surface area contributed by atoms with E-state index in [0.717, 1.165) is 11.3 Å². The second kappa shape index (κ2) is 8.52. The van der Waals surface area contributed by atoms with Crippen molar-refractivity contribution in [3.8, 4) is 0 Å². The molecule has 27 heavy (non-hydrogen) atoms. The van der Waals surface area contributed by atoms with E-state index in [1.807, 2.05) is 6.07 Å². The zero-order chi connectivity index (χ0) is 19.1. The van der Waals surface area contributed by atoms with Gasteiger partial charge in [0.25, 0.3) is 5.91 Å². The monoisotopic (exact) mass is 363 g/mol. The number of anilines is 2. The predicted molar refractivity (Wildman–Crippen MR) is 98.5 cm³/mol. The van der Waals surface area contributed by atoms with Crippen molar-refractivity contribution >= 4 is 23.4 Å². The molecule has 1 amide bonds. The molecule has 8 heteroatoms. The van der Waals surface area contributed by atoms with Crippen LogP contribution in [0.5, 0.6) is 0 Å². The first-order chi connectivity index (χ1) is 13.2. The number of methoxy groups -OCH3 is 1. The van der Waals surface area contributed by atoms with Gasteiger partial charge in [0.15, 0.2) is 11.5 Å². The Morgan fingerprint density at radius 1 is 1.04 bits per heavy atom. The molecule has 0 spiro atoms. The molecule has 0 aliphatic heterocycles. The van der Waals surface area contributed by atoms with E-state index in [0.29, 0.717) is 17.9 Å². The summed E-state index contributed by atoms with van der Waals surface area (Å²) in [5, 5.41) is 13.7. The van der Waals surface area contributed by atoms with Gasteiger partial charge in [-0.3, -0.25) is 9.78 Å². The van der Waals surface area contributed by atoms with Gasteiger partial charge in [-0.1, -0.05) is 6.07 Å². The number of ether oxygens (including phenoxy) is 1. The van der Waals surface area contributed by atoms with Crippen LogP contribution in [0.3, 0.4) is 0 Å². The van der Waals surface area contributed by atoms with E-state index < -0.39 is 5.97 Å². The first kappa shape index (κ1) is 18.0. The predicted octanol–water partition coefficient (Wildman–Crippen LogP) is 2.33. The molecule has 0 aliphatic carbocycles. The fraction of sp³-hybridized carbons (Fsp3) is 0.105. The van der Waals surface area contributed by atoms with Crippen molar-refractivity contribution in [3.05, 3.63) is 77.7 Å². The van der Waals surface area contributed by atoms with Crippen LogP contribution in [-0.2, 0) is 11.3 Å². The second-order valence-corrected chi connectivity index (χ2v) is 5.54. The number of amides is 1. The number of esters is 1. The molecule has 0 atom stereocenters. The van der Waals surface area contributed by atoms with Gasteiger partial charge in [-0.25, -0.2) is 4.79 Å². The lowest BCUT2D eigenvalue weighted by Crippen LogP contribution is -2.24. The van der Waals surface area contributed by atoms with E-state index in [9.17, 15) is 9.59 Å². The summed E-state index contributed by atoms with van der Waals surface area (Å²) in [7, 11) is 1.33. The number of carbonyl (C=O) groups excluding carboxylic acids is 2. The van der Waals surface area contributed by atoms with Crippen LogP contribution in [-0.4, -0.2) is 34.2 Å². The lowest BCUT2D eigenvalue weighted by Gasteiger charge is -2.07. The van der Waals surface area contributed by atoms with Crippen LogP contribution in [0.1, 0.15) is 26.4 Å². The summed E-state index contributed by atoms with van der Waals surface area (Å²) in [4.78, 5) is 27.5. The second-order valence-electron chi connectivity index (χ2n) is 5.54. The topological polar surface area (TPSA) is 106 Å². The molecule has 0 unspecified atom stereocenters. The first-order valence-electron chi connectivity index (χ1n) is 8.12. The standard InChI is InChI=1S/C19H17N5O3/c1-27-19(26)14-4-6-15(7-5-14)22-17-9-8-16(23-24-17)18(25)21-12-13-3-2-10-20-11-13/h2-11H,12H2,1H3,(H,21,25)(H,22,24). The number of nitrogens with one attached hydrogen (secondary N) is 2. The van der Waals surface area contributed by atoms with E-state index >= 15 is 0 Å². The summed E-state index contributed by atoms with van der Waals surface area (Å²) in [6, 6.07) is 13.6. The minimum Gasteiger partial charge on any atom is -0.465 e. The zero-order valence-corrected chi connectivity index (χ0v) is 14.5. The molecule has 0 bridgehead atoms. The normalized spacial score (nSPS) is 10.1. The minimum absolute atomic E-state index is 0.213. The maximum absolute atomic E-state index is 12.1. The van der Waals surface area contributed by atoms with Crippen molar-refractivity contribution in [2.75, 3.05) is 12.4 Å². The summed E-state index contributed by atoms with van der Waals surface area (Å²) in [6.07, 6.45) is 3.36. The molecule has 0 saturated carbocycles. The van der Waals surface area contributed by atoms with Gasteiger partial charge in [0.05, 0.1) is 12.7 Å². The van der Waals surface area contributed by atoms with E-state index in [4.69, 9.17) is 0 Å². The lowest BCUT2D eigenvalue weighted by atomic mass is 10.2. The van der Waals surface area contributed by atoms with E-state index in [1.165, 1.54) is 7.11 Å². The number of benzene rings is 1. The molecule has 1 aromatic carbocycles. The van der Waals surface area contributed by atoms with E-state index in [2.05, 4.69) is 30.6 Å². The fourth-order valence-electron chi connectivity index (χ4n) is 2.25. The number of pyridine rings is 1. The lowest BCUT2D eigenvalue weighted by molar-refractivity contribution is 0.0600. The van der Waals surface area contributed by atoms with Gasteiger partial charge in [-0.15, -0.1) is 10.2 Å². The highest BCUT2D eigenvalue weighted by Gasteiger charge is 2.09. The Balaban J connectivity index is 1.58. The van der Waals surface area contributed by atoms with Crippen LogP contribution in [0.2, 0.25) is 0 Å². The summed E-state index contributed by atoms with van der Waals surface area (Å²) in [5.74, 6) is -0.243. The highest BCUT2D eigenvalue weighted by Crippen LogP contribution is 2.15. The van der Waals surface area contributed by atoms with Crippen molar-refractivity contribution in [2.45, 2.75) is 6.54 Å². The molecule has 0 saturated heterocycles. The Morgan fingerprint density at radius 2 is 1.85 bits per heavy atom. The van der Waals surface area contributed by atoms with Gasteiger partial charge in [-0.2, -0.15) is 0 Å². The summed E-state index contributed by atoms with van der Waals surface area (Å²) in [5.41, 5.74) is 2.29. The zero-order valence-electron chi connectivity index (χ0n) is 14.5. The van der Waals surface area contributed by atoms with Gasteiger partial charge in [0, 0.05) is 24.6 Å². The van der Waals surface area contributed by atoms with Crippen molar-refractivity contribution in [1.82, 2.24) is 20.5 Å². The third-order valence-corrected chi connectivity index (χ3v) is 3.65. The molecule has 3 rings (SSSR count). The molecule has 2 aromatic heterocycles. The molecule has 2 N–H and O–H groups in total. The Bertz CT molecular complexity index is 912. The highest BCUT2D eigenvalue weighted by atomic mass is 16.5. The van der Waals surface area contributed by atoms with Crippen LogP contribution >= 0.6 is 0 Å².